The summed E-state index contributed by atoms with van der Waals surface area (Å²) in [4.78, 5) is 10.8. The first-order chi connectivity index (χ1) is 8.56. The van der Waals surface area contributed by atoms with Gasteiger partial charge in [0.05, 0.1) is 0 Å². The molecule has 2 aromatic carbocycles. The van der Waals surface area contributed by atoms with Crippen LogP contribution in [0.1, 0.15) is 0 Å². The van der Waals surface area contributed by atoms with Crippen molar-refractivity contribution in [2.24, 2.45) is 5.73 Å². The lowest BCUT2D eigenvalue weighted by atomic mass is 10.0. The molecule has 0 atom stereocenters. The molecule has 1 amide bonds. The number of rotatable bonds is 2. The summed E-state index contributed by atoms with van der Waals surface area (Å²) in [5, 5.41) is 0.502. The smallest absolute Gasteiger partial charge is 0.409 e. The highest BCUT2D eigenvalue weighted by Crippen LogP contribution is 2.32. The molecule has 0 spiro atoms. The molecule has 0 aliphatic heterocycles. The van der Waals surface area contributed by atoms with Gasteiger partial charge in [-0.25, -0.2) is 9.18 Å². The van der Waals surface area contributed by atoms with Gasteiger partial charge in [-0.05, 0) is 35.9 Å². The zero-order chi connectivity index (χ0) is 13.1. The van der Waals surface area contributed by atoms with E-state index in [1.165, 1.54) is 18.2 Å². The van der Waals surface area contributed by atoms with Crippen LogP contribution >= 0.6 is 11.6 Å². The van der Waals surface area contributed by atoms with Crippen LogP contribution in [0.15, 0.2) is 42.5 Å². The summed E-state index contributed by atoms with van der Waals surface area (Å²) >= 11 is 5.87. The van der Waals surface area contributed by atoms with Crippen molar-refractivity contribution in [1.82, 2.24) is 0 Å². The molecule has 0 unspecified atom stereocenters. The zero-order valence-electron chi connectivity index (χ0n) is 9.19. The van der Waals surface area contributed by atoms with Crippen LogP contribution in [-0.2, 0) is 0 Å². The molecule has 0 aliphatic carbocycles. The van der Waals surface area contributed by atoms with Gasteiger partial charge in [0.25, 0.3) is 0 Å². The van der Waals surface area contributed by atoms with E-state index < -0.39 is 11.9 Å². The Morgan fingerprint density at radius 2 is 2.00 bits per heavy atom. The Morgan fingerprint density at radius 1 is 1.22 bits per heavy atom. The number of halogens is 2. The number of nitrogens with two attached hydrogens (primary N) is 1. The summed E-state index contributed by atoms with van der Waals surface area (Å²) in [5.74, 6) is -0.257. The van der Waals surface area contributed by atoms with Gasteiger partial charge in [-0.1, -0.05) is 23.7 Å². The largest absolute Gasteiger partial charge is 0.410 e. The molecule has 92 valence electrons. The highest BCUT2D eigenvalue weighted by Gasteiger charge is 2.10. The molecule has 18 heavy (non-hydrogen) atoms. The van der Waals surface area contributed by atoms with Gasteiger partial charge in [0, 0.05) is 10.6 Å². The monoisotopic (exact) mass is 265 g/mol. The molecular weight excluding hydrogens is 257 g/mol. The fourth-order valence-electron chi connectivity index (χ4n) is 1.58. The maximum absolute atomic E-state index is 13.3. The molecule has 2 N–H and O–H groups in total. The Hall–Kier alpha value is -2.07. The van der Waals surface area contributed by atoms with Crippen LogP contribution in [-0.4, -0.2) is 6.09 Å². The molecular formula is C13H9ClFNO2. The summed E-state index contributed by atoms with van der Waals surface area (Å²) in [6.45, 7) is 0. The highest BCUT2D eigenvalue weighted by molar-refractivity contribution is 6.30. The summed E-state index contributed by atoms with van der Waals surface area (Å²) in [6, 6.07) is 10.6. The van der Waals surface area contributed by atoms with E-state index in [1.807, 2.05) is 0 Å². The van der Waals surface area contributed by atoms with Crippen molar-refractivity contribution in [3.63, 3.8) is 0 Å². The van der Waals surface area contributed by atoms with Crippen LogP contribution in [0.3, 0.4) is 0 Å². The first kappa shape index (κ1) is 12.4. The molecule has 5 heteroatoms. The van der Waals surface area contributed by atoms with Gasteiger partial charge in [0.1, 0.15) is 11.6 Å². The average molecular weight is 266 g/mol. The number of hydrogen-bond acceptors (Lipinski definition) is 2. The van der Waals surface area contributed by atoms with Crippen LogP contribution < -0.4 is 10.5 Å². The summed E-state index contributed by atoms with van der Waals surface area (Å²) in [5.41, 5.74) is 6.01. The Kier molecular flexibility index (Phi) is 3.48. The lowest BCUT2D eigenvalue weighted by Crippen LogP contribution is -2.16. The first-order valence-electron chi connectivity index (χ1n) is 5.09. The summed E-state index contributed by atoms with van der Waals surface area (Å²) < 4.78 is 18.1. The lowest BCUT2D eigenvalue weighted by molar-refractivity contribution is 0.211. The van der Waals surface area contributed by atoms with Crippen molar-refractivity contribution in [2.75, 3.05) is 0 Å². The van der Waals surface area contributed by atoms with Crippen molar-refractivity contribution < 1.29 is 13.9 Å². The Labute approximate surface area is 108 Å². The van der Waals surface area contributed by atoms with E-state index in [-0.39, 0.29) is 5.75 Å². The zero-order valence-corrected chi connectivity index (χ0v) is 9.95. The number of carbonyl (C=O) groups excluding carboxylic acids is 1. The maximum atomic E-state index is 13.3. The molecule has 0 aliphatic rings. The molecule has 3 nitrogen and oxygen atoms in total. The molecule has 2 aromatic rings. The van der Waals surface area contributed by atoms with Crippen molar-refractivity contribution >= 4 is 17.7 Å². The normalized spacial score (nSPS) is 10.1. The molecule has 0 aromatic heterocycles. The molecule has 0 saturated carbocycles. The number of primary amides is 1. The van der Waals surface area contributed by atoms with Crippen molar-refractivity contribution in [3.05, 3.63) is 53.3 Å². The van der Waals surface area contributed by atoms with Gasteiger partial charge in [-0.15, -0.1) is 0 Å². The van der Waals surface area contributed by atoms with Crippen molar-refractivity contribution in [1.29, 1.82) is 0 Å². The minimum atomic E-state index is -0.954. The molecule has 0 bridgehead atoms. The van der Waals surface area contributed by atoms with E-state index in [9.17, 15) is 9.18 Å². The van der Waals surface area contributed by atoms with Crippen molar-refractivity contribution in [2.45, 2.75) is 0 Å². The second kappa shape index (κ2) is 5.06. The van der Waals surface area contributed by atoms with E-state index >= 15 is 0 Å². The van der Waals surface area contributed by atoms with Crippen LogP contribution in [0, 0.1) is 5.82 Å². The predicted molar refractivity (Wildman–Crippen MR) is 67.1 cm³/mol. The standard InChI is InChI=1S/C13H9ClFNO2/c14-9-3-1-2-8(6-9)11-7-10(15)4-5-12(11)18-13(16)17/h1-7H,(H2,16,17). The molecule has 0 heterocycles. The van der Waals surface area contributed by atoms with E-state index in [0.29, 0.717) is 16.1 Å². The third kappa shape index (κ3) is 2.78. The van der Waals surface area contributed by atoms with E-state index in [2.05, 4.69) is 0 Å². The highest BCUT2D eigenvalue weighted by atomic mass is 35.5. The van der Waals surface area contributed by atoms with Gasteiger partial charge in [-0.2, -0.15) is 0 Å². The average Bonchev–Trinajstić information content (AvgIpc) is 2.31. The molecule has 2 rings (SSSR count). The minimum Gasteiger partial charge on any atom is -0.410 e. The van der Waals surface area contributed by atoms with E-state index in [0.717, 1.165) is 0 Å². The number of benzene rings is 2. The van der Waals surface area contributed by atoms with Crippen LogP contribution in [0.2, 0.25) is 5.02 Å². The van der Waals surface area contributed by atoms with Crippen LogP contribution in [0.5, 0.6) is 5.75 Å². The number of carbonyl (C=O) groups is 1. The van der Waals surface area contributed by atoms with Crippen LogP contribution in [0.4, 0.5) is 9.18 Å². The molecule has 0 fully saturated rings. The maximum Gasteiger partial charge on any atom is 0.409 e. The van der Waals surface area contributed by atoms with E-state index in [1.54, 1.807) is 24.3 Å². The lowest BCUT2D eigenvalue weighted by Gasteiger charge is -2.09. The second-order valence-corrected chi connectivity index (χ2v) is 4.01. The third-order valence-corrected chi connectivity index (χ3v) is 2.52. The Balaban J connectivity index is 2.54. The SMILES string of the molecule is NC(=O)Oc1ccc(F)cc1-c1cccc(Cl)c1. The molecule has 0 radical (unpaired) electrons. The summed E-state index contributed by atoms with van der Waals surface area (Å²) in [6.07, 6.45) is -0.954. The summed E-state index contributed by atoms with van der Waals surface area (Å²) in [7, 11) is 0. The Morgan fingerprint density at radius 3 is 2.67 bits per heavy atom. The number of ether oxygens (including phenoxy) is 1. The fraction of sp³-hybridized carbons (Fsp3) is 0. The Bertz CT molecular complexity index is 601. The van der Waals surface area contributed by atoms with Gasteiger partial charge in [0.2, 0.25) is 0 Å². The topological polar surface area (TPSA) is 52.3 Å². The van der Waals surface area contributed by atoms with Gasteiger partial charge >= 0.3 is 6.09 Å². The van der Waals surface area contributed by atoms with Crippen molar-refractivity contribution in [3.8, 4) is 16.9 Å². The quantitative estimate of drug-likeness (QED) is 0.902. The number of hydrogen-bond donors (Lipinski definition) is 1. The predicted octanol–water partition coefficient (Wildman–Crippen LogP) is 3.60. The van der Waals surface area contributed by atoms with Gasteiger partial charge in [-0.3, -0.25) is 0 Å². The number of amides is 1. The second-order valence-electron chi connectivity index (χ2n) is 3.57. The van der Waals surface area contributed by atoms with Crippen LogP contribution in [0.25, 0.3) is 11.1 Å². The minimum absolute atomic E-state index is 0.186. The fourth-order valence-corrected chi connectivity index (χ4v) is 1.77. The first-order valence-corrected chi connectivity index (χ1v) is 5.47. The van der Waals surface area contributed by atoms with Gasteiger partial charge < -0.3 is 10.5 Å². The molecule has 0 saturated heterocycles. The van der Waals surface area contributed by atoms with E-state index in [4.69, 9.17) is 22.1 Å². The third-order valence-electron chi connectivity index (χ3n) is 2.29. The van der Waals surface area contributed by atoms with Gasteiger partial charge in [0.15, 0.2) is 0 Å².